The van der Waals surface area contributed by atoms with Gasteiger partial charge in [0.05, 0.1) is 6.61 Å². The lowest BCUT2D eigenvalue weighted by molar-refractivity contribution is 0.176. The molecule has 0 fully saturated rings. The Morgan fingerprint density at radius 2 is 2.00 bits per heavy atom. The quantitative estimate of drug-likeness (QED) is 0.662. The molecule has 0 unspecified atom stereocenters. The van der Waals surface area contributed by atoms with Crippen molar-refractivity contribution in [3.63, 3.8) is 0 Å². The molecule has 0 bridgehead atoms. The summed E-state index contributed by atoms with van der Waals surface area (Å²) in [6.07, 6.45) is 3.47. The molecule has 0 saturated carbocycles. The molecule has 1 aromatic heterocycles. The van der Waals surface area contributed by atoms with Crippen LogP contribution in [0.5, 0.6) is 5.75 Å². The zero-order valence-electron chi connectivity index (χ0n) is 10.7. The van der Waals surface area contributed by atoms with E-state index in [1.54, 1.807) is 24.3 Å². The Morgan fingerprint density at radius 3 is 2.68 bits per heavy atom. The summed E-state index contributed by atoms with van der Waals surface area (Å²) in [5, 5.41) is 9.60. The number of aromatic nitrogens is 2. The Kier molecular flexibility index (Phi) is 4.18. The van der Waals surface area contributed by atoms with Crippen molar-refractivity contribution in [1.82, 2.24) is 9.71 Å². The first-order valence-electron chi connectivity index (χ1n) is 6.23. The highest BCUT2D eigenvalue weighted by atomic mass is 16.5. The summed E-state index contributed by atoms with van der Waals surface area (Å²) in [5.74, 6) is 0.979. The highest BCUT2D eigenvalue weighted by molar-refractivity contribution is 5.56. The van der Waals surface area contributed by atoms with E-state index in [2.05, 4.69) is 11.9 Å². The Bertz CT molecular complexity index is 590. The fourth-order valence-corrected chi connectivity index (χ4v) is 1.63. The molecule has 1 aromatic carbocycles. The summed E-state index contributed by atoms with van der Waals surface area (Å²) in [6.45, 7) is 2.79. The fourth-order valence-electron chi connectivity index (χ4n) is 1.63. The van der Waals surface area contributed by atoms with Gasteiger partial charge in [-0.15, -0.1) is 4.73 Å². The maximum atomic E-state index is 11.3. The normalized spacial score (nSPS) is 10.4. The maximum absolute atomic E-state index is 11.3. The zero-order chi connectivity index (χ0) is 13.7. The van der Waals surface area contributed by atoms with Crippen LogP contribution in [-0.2, 0) is 0 Å². The SMILES string of the molecule is CCCCOc1ccc(-c2nccc(=O)n2O)cc1. The van der Waals surface area contributed by atoms with E-state index >= 15 is 0 Å². The molecule has 5 heteroatoms. The Balaban J connectivity index is 2.18. The number of hydrogen-bond acceptors (Lipinski definition) is 4. The van der Waals surface area contributed by atoms with Crippen LogP contribution in [0.3, 0.4) is 0 Å². The number of unbranched alkanes of at least 4 members (excludes halogenated alkanes) is 1. The van der Waals surface area contributed by atoms with E-state index in [9.17, 15) is 10.0 Å². The molecule has 0 amide bonds. The van der Waals surface area contributed by atoms with Crippen LogP contribution in [0.1, 0.15) is 19.8 Å². The predicted octanol–water partition coefficient (Wildman–Crippen LogP) is 2.33. The second kappa shape index (κ2) is 6.04. The molecule has 1 N–H and O–H groups in total. The van der Waals surface area contributed by atoms with E-state index in [4.69, 9.17) is 4.74 Å². The van der Waals surface area contributed by atoms with E-state index < -0.39 is 5.56 Å². The average Bonchev–Trinajstić information content (AvgIpc) is 2.43. The van der Waals surface area contributed by atoms with Crippen LogP contribution in [0.15, 0.2) is 41.3 Å². The first kappa shape index (κ1) is 13.1. The van der Waals surface area contributed by atoms with Crippen molar-refractivity contribution in [2.45, 2.75) is 19.8 Å². The van der Waals surface area contributed by atoms with Gasteiger partial charge in [0.15, 0.2) is 5.82 Å². The summed E-state index contributed by atoms with van der Waals surface area (Å²) in [4.78, 5) is 15.3. The van der Waals surface area contributed by atoms with Gasteiger partial charge in [-0.25, -0.2) is 4.98 Å². The van der Waals surface area contributed by atoms with Gasteiger partial charge in [0.2, 0.25) is 0 Å². The highest BCUT2D eigenvalue weighted by Gasteiger charge is 2.06. The van der Waals surface area contributed by atoms with Crippen LogP contribution in [0, 0.1) is 0 Å². The van der Waals surface area contributed by atoms with Gasteiger partial charge >= 0.3 is 0 Å². The minimum absolute atomic E-state index is 0.215. The van der Waals surface area contributed by atoms with Crippen molar-refractivity contribution in [2.75, 3.05) is 6.61 Å². The molecule has 2 rings (SSSR count). The lowest BCUT2D eigenvalue weighted by Gasteiger charge is -2.07. The van der Waals surface area contributed by atoms with E-state index in [0.717, 1.165) is 18.6 Å². The number of ether oxygens (including phenoxy) is 1. The smallest absolute Gasteiger partial charge is 0.286 e. The molecule has 0 aliphatic carbocycles. The van der Waals surface area contributed by atoms with E-state index in [0.29, 0.717) is 16.9 Å². The largest absolute Gasteiger partial charge is 0.494 e. The first-order chi connectivity index (χ1) is 9.22. The molecular formula is C14H16N2O3. The third kappa shape index (κ3) is 3.13. The van der Waals surface area contributed by atoms with Gasteiger partial charge in [0.25, 0.3) is 5.56 Å². The first-order valence-corrected chi connectivity index (χ1v) is 6.23. The van der Waals surface area contributed by atoms with Crippen molar-refractivity contribution < 1.29 is 9.94 Å². The second-order valence-electron chi connectivity index (χ2n) is 4.14. The van der Waals surface area contributed by atoms with Gasteiger partial charge in [0.1, 0.15) is 5.75 Å². The van der Waals surface area contributed by atoms with Gasteiger partial charge in [-0.2, -0.15) is 0 Å². The summed E-state index contributed by atoms with van der Waals surface area (Å²) < 4.78 is 6.07. The van der Waals surface area contributed by atoms with Crippen molar-refractivity contribution in [3.05, 3.63) is 46.9 Å². The molecule has 1 heterocycles. The third-order valence-electron chi connectivity index (χ3n) is 2.70. The van der Waals surface area contributed by atoms with Crippen LogP contribution in [0.2, 0.25) is 0 Å². The minimum Gasteiger partial charge on any atom is -0.494 e. The lowest BCUT2D eigenvalue weighted by atomic mass is 10.2. The van der Waals surface area contributed by atoms with Gasteiger partial charge in [0, 0.05) is 17.8 Å². The highest BCUT2D eigenvalue weighted by Crippen LogP contribution is 2.19. The number of nitrogens with zero attached hydrogens (tertiary/aromatic N) is 2. The lowest BCUT2D eigenvalue weighted by Crippen LogP contribution is -2.19. The number of hydrogen-bond donors (Lipinski definition) is 1. The van der Waals surface area contributed by atoms with E-state index in [-0.39, 0.29) is 5.82 Å². The van der Waals surface area contributed by atoms with Crippen LogP contribution in [0.25, 0.3) is 11.4 Å². The molecule has 0 aliphatic rings. The van der Waals surface area contributed by atoms with Crippen LogP contribution < -0.4 is 10.3 Å². The van der Waals surface area contributed by atoms with Crippen molar-refractivity contribution >= 4 is 0 Å². The molecule has 0 radical (unpaired) electrons. The average molecular weight is 260 g/mol. The molecule has 100 valence electrons. The second-order valence-corrected chi connectivity index (χ2v) is 4.14. The zero-order valence-corrected chi connectivity index (χ0v) is 10.7. The standard InChI is InChI=1S/C14H16N2O3/c1-2-3-10-19-12-6-4-11(5-7-12)14-15-9-8-13(17)16(14)18/h4-9,18H,2-3,10H2,1H3. The van der Waals surface area contributed by atoms with Gasteiger partial charge in [-0.1, -0.05) is 13.3 Å². The molecule has 2 aromatic rings. The van der Waals surface area contributed by atoms with E-state index in [1.807, 2.05) is 0 Å². The van der Waals surface area contributed by atoms with Gasteiger partial charge < -0.3 is 9.94 Å². The molecule has 19 heavy (non-hydrogen) atoms. The number of benzene rings is 1. The van der Waals surface area contributed by atoms with Crippen molar-refractivity contribution in [1.29, 1.82) is 0 Å². The summed E-state index contributed by atoms with van der Waals surface area (Å²) in [6, 6.07) is 8.31. The van der Waals surface area contributed by atoms with Crippen molar-refractivity contribution in [3.8, 4) is 17.1 Å². The van der Waals surface area contributed by atoms with Crippen LogP contribution in [0.4, 0.5) is 0 Å². The Morgan fingerprint density at radius 1 is 1.26 bits per heavy atom. The predicted molar refractivity (Wildman–Crippen MR) is 71.5 cm³/mol. The molecule has 5 nitrogen and oxygen atoms in total. The minimum atomic E-state index is -0.506. The maximum Gasteiger partial charge on any atom is 0.286 e. The van der Waals surface area contributed by atoms with Gasteiger partial charge in [-0.3, -0.25) is 4.79 Å². The monoisotopic (exact) mass is 260 g/mol. The third-order valence-corrected chi connectivity index (χ3v) is 2.70. The van der Waals surface area contributed by atoms with Crippen LogP contribution >= 0.6 is 0 Å². The summed E-state index contributed by atoms with van der Waals surface area (Å²) in [5.41, 5.74) is 0.149. The number of rotatable bonds is 5. The summed E-state index contributed by atoms with van der Waals surface area (Å²) in [7, 11) is 0. The molecule has 0 spiro atoms. The fraction of sp³-hybridized carbons (Fsp3) is 0.286. The molecule has 0 aliphatic heterocycles. The molecule has 0 atom stereocenters. The van der Waals surface area contributed by atoms with Crippen LogP contribution in [-0.4, -0.2) is 21.5 Å². The van der Waals surface area contributed by atoms with E-state index in [1.165, 1.54) is 12.3 Å². The topological polar surface area (TPSA) is 64.3 Å². The molecular weight excluding hydrogens is 244 g/mol. The summed E-state index contributed by atoms with van der Waals surface area (Å²) >= 11 is 0. The van der Waals surface area contributed by atoms with Gasteiger partial charge in [-0.05, 0) is 30.7 Å². The van der Waals surface area contributed by atoms with Crippen molar-refractivity contribution in [2.24, 2.45) is 0 Å². The Hall–Kier alpha value is -2.30. The Labute approximate surface area is 111 Å². The molecule has 0 saturated heterocycles.